The third-order valence-electron chi connectivity index (χ3n) is 3.52. The Hall–Kier alpha value is -2.46. The summed E-state index contributed by atoms with van der Waals surface area (Å²) in [6, 6.07) is 6.77. The highest BCUT2D eigenvalue weighted by molar-refractivity contribution is 9.10. The lowest BCUT2D eigenvalue weighted by Gasteiger charge is -2.09. The number of carbonyl (C=O) groups excluding carboxylic acids is 1. The number of hydrogen-bond acceptors (Lipinski definition) is 5. The molecule has 0 aliphatic carbocycles. The molecule has 0 radical (unpaired) electrons. The fourth-order valence-electron chi connectivity index (χ4n) is 2.08. The third-order valence-corrected chi connectivity index (χ3v) is 4.14. The predicted octanol–water partition coefficient (Wildman–Crippen LogP) is 2.39. The fraction of sp³-hybridized carbons (Fsp3) is 0.250. The van der Waals surface area contributed by atoms with Crippen LogP contribution in [0.1, 0.15) is 27.2 Å². The summed E-state index contributed by atoms with van der Waals surface area (Å²) in [6.07, 6.45) is 0. The molecule has 0 aliphatic rings. The van der Waals surface area contributed by atoms with Crippen molar-refractivity contribution in [1.29, 1.82) is 5.26 Å². The number of benzene rings is 1. The van der Waals surface area contributed by atoms with Crippen LogP contribution in [0.3, 0.4) is 0 Å². The molecule has 1 aromatic carbocycles. The van der Waals surface area contributed by atoms with E-state index in [-0.39, 0.29) is 17.9 Å². The van der Waals surface area contributed by atoms with Crippen molar-refractivity contribution in [2.75, 3.05) is 7.11 Å². The van der Waals surface area contributed by atoms with Crippen molar-refractivity contribution in [3.8, 4) is 11.8 Å². The second-order valence-electron chi connectivity index (χ2n) is 4.93. The first kappa shape index (κ1) is 16.9. The molecule has 1 heterocycles. The van der Waals surface area contributed by atoms with E-state index in [1.165, 1.54) is 7.11 Å². The highest BCUT2D eigenvalue weighted by atomic mass is 79.9. The monoisotopic (exact) mass is 375 g/mol. The number of ketones is 1. The third kappa shape index (κ3) is 3.32. The van der Waals surface area contributed by atoms with Gasteiger partial charge in [-0.25, -0.2) is 4.68 Å². The molecule has 0 unspecified atom stereocenters. The highest BCUT2D eigenvalue weighted by Gasteiger charge is 2.15. The zero-order chi connectivity index (χ0) is 17.1. The first-order valence-corrected chi connectivity index (χ1v) is 7.53. The molecule has 1 aromatic heterocycles. The average Bonchev–Trinajstić information content (AvgIpc) is 2.53. The molecule has 0 saturated heterocycles. The van der Waals surface area contributed by atoms with E-state index < -0.39 is 5.56 Å². The van der Waals surface area contributed by atoms with Gasteiger partial charge in [0, 0.05) is 5.56 Å². The molecule has 118 valence electrons. The number of methoxy groups -OCH3 is 1. The van der Waals surface area contributed by atoms with Gasteiger partial charge in [-0.3, -0.25) is 9.59 Å². The topological polar surface area (TPSA) is 85.0 Å². The maximum absolute atomic E-state index is 12.4. The number of carbonyl (C=O) groups is 1. The van der Waals surface area contributed by atoms with Crippen LogP contribution >= 0.6 is 15.9 Å². The number of ether oxygens (including phenoxy) is 1. The Morgan fingerprint density at radius 1 is 1.43 bits per heavy atom. The summed E-state index contributed by atoms with van der Waals surface area (Å²) >= 11 is 3.32. The summed E-state index contributed by atoms with van der Waals surface area (Å²) in [7, 11) is 1.53. The fourth-order valence-corrected chi connectivity index (χ4v) is 2.62. The molecule has 0 N–H and O–H groups in total. The maximum atomic E-state index is 12.4. The predicted molar refractivity (Wildman–Crippen MR) is 87.7 cm³/mol. The second kappa shape index (κ2) is 6.75. The minimum Gasteiger partial charge on any atom is -0.496 e. The van der Waals surface area contributed by atoms with Gasteiger partial charge in [-0.1, -0.05) is 0 Å². The maximum Gasteiger partial charge on any atom is 0.285 e. The molecule has 0 bridgehead atoms. The number of hydrogen-bond donors (Lipinski definition) is 0. The van der Waals surface area contributed by atoms with Gasteiger partial charge in [-0.05, 0) is 53.5 Å². The van der Waals surface area contributed by atoms with Crippen molar-refractivity contribution >= 4 is 21.7 Å². The van der Waals surface area contributed by atoms with E-state index in [1.807, 2.05) is 6.07 Å². The van der Waals surface area contributed by atoms with Crippen LogP contribution in [0.5, 0.6) is 5.75 Å². The summed E-state index contributed by atoms with van der Waals surface area (Å²) in [6.45, 7) is 3.13. The van der Waals surface area contributed by atoms with Crippen LogP contribution in [-0.4, -0.2) is 22.7 Å². The number of aromatic nitrogens is 2. The van der Waals surface area contributed by atoms with Gasteiger partial charge in [0.25, 0.3) is 5.56 Å². The van der Waals surface area contributed by atoms with Gasteiger partial charge in [0.2, 0.25) is 0 Å². The van der Waals surface area contributed by atoms with E-state index in [9.17, 15) is 9.59 Å². The van der Waals surface area contributed by atoms with Crippen molar-refractivity contribution < 1.29 is 9.53 Å². The lowest BCUT2D eigenvalue weighted by molar-refractivity contribution is 0.0965. The van der Waals surface area contributed by atoms with Crippen LogP contribution in [0.2, 0.25) is 0 Å². The Morgan fingerprint density at radius 3 is 2.70 bits per heavy atom. The molecule has 7 heteroatoms. The Bertz CT molecular complexity index is 881. The smallest absolute Gasteiger partial charge is 0.285 e. The van der Waals surface area contributed by atoms with Gasteiger partial charge in [0.15, 0.2) is 5.78 Å². The van der Waals surface area contributed by atoms with Crippen LogP contribution in [0.15, 0.2) is 27.5 Å². The van der Waals surface area contributed by atoms with Gasteiger partial charge in [-0.2, -0.15) is 10.4 Å². The molecular weight excluding hydrogens is 362 g/mol. The molecular formula is C16H14BrN3O3. The Kier molecular flexibility index (Phi) is 4.96. The van der Waals surface area contributed by atoms with Crippen molar-refractivity contribution in [3.63, 3.8) is 0 Å². The van der Waals surface area contributed by atoms with Gasteiger partial charge in [-0.15, -0.1) is 0 Å². The van der Waals surface area contributed by atoms with E-state index >= 15 is 0 Å². The number of rotatable bonds is 4. The van der Waals surface area contributed by atoms with Crippen molar-refractivity contribution in [1.82, 2.24) is 9.78 Å². The number of aryl methyl sites for hydroxylation is 1. The standard InChI is InChI=1S/C16H14BrN3O3/c1-9-10(2)19-20(16(22)12(9)7-18)8-14(21)11-4-5-15(23-3)13(17)6-11/h4-6H,8H2,1-3H3. The summed E-state index contributed by atoms with van der Waals surface area (Å²) in [5.74, 6) is 0.324. The zero-order valence-electron chi connectivity index (χ0n) is 12.9. The highest BCUT2D eigenvalue weighted by Crippen LogP contribution is 2.25. The van der Waals surface area contributed by atoms with Crippen LogP contribution in [0, 0.1) is 25.2 Å². The molecule has 2 rings (SSSR count). The van der Waals surface area contributed by atoms with Crippen molar-refractivity contribution in [3.05, 3.63) is 55.4 Å². The van der Waals surface area contributed by atoms with Crippen molar-refractivity contribution in [2.24, 2.45) is 0 Å². The number of Topliss-reactive ketones (excluding diaryl/α,β-unsaturated/α-hetero) is 1. The largest absolute Gasteiger partial charge is 0.496 e. The minimum atomic E-state index is -0.559. The summed E-state index contributed by atoms with van der Waals surface area (Å²) in [4.78, 5) is 24.6. The lowest BCUT2D eigenvalue weighted by atomic mass is 10.1. The van der Waals surface area contributed by atoms with E-state index in [1.54, 1.807) is 32.0 Å². The Labute approximate surface area is 141 Å². The molecule has 0 aliphatic heterocycles. The van der Waals surface area contributed by atoms with Crippen LogP contribution < -0.4 is 10.3 Å². The first-order chi connectivity index (χ1) is 10.9. The summed E-state index contributed by atoms with van der Waals surface area (Å²) in [5.41, 5.74) is 0.958. The summed E-state index contributed by atoms with van der Waals surface area (Å²) in [5, 5.41) is 13.2. The number of nitriles is 1. The molecule has 0 saturated carbocycles. The Morgan fingerprint density at radius 2 is 2.13 bits per heavy atom. The lowest BCUT2D eigenvalue weighted by Crippen LogP contribution is -2.30. The van der Waals surface area contributed by atoms with Crippen LogP contribution in [0.4, 0.5) is 0 Å². The van der Waals surface area contributed by atoms with E-state index in [0.29, 0.717) is 27.0 Å². The SMILES string of the molecule is COc1ccc(C(=O)Cn2nc(C)c(C)c(C#N)c2=O)cc1Br. The van der Waals surface area contributed by atoms with Gasteiger partial charge < -0.3 is 4.74 Å². The molecule has 0 amide bonds. The molecule has 6 nitrogen and oxygen atoms in total. The Balaban J connectivity index is 2.38. The second-order valence-corrected chi connectivity index (χ2v) is 5.79. The summed E-state index contributed by atoms with van der Waals surface area (Å²) < 4.78 is 6.79. The minimum absolute atomic E-state index is 0.0150. The molecule has 23 heavy (non-hydrogen) atoms. The van der Waals surface area contributed by atoms with E-state index in [4.69, 9.17) is 10.00 Å². The molecule has 0 spiro atoms. The first-order valence-electron chi connectivity index (χ1n) is 6.74. The quantitative estimate of drug-likeness (QED) is 0.765. The average molecular weight is 376 g/mol. The van der Waals surface area contributed by atoms with Crippen molar-refractivity contribution in [2.45, 2.75) is 20.4 Å². The molecule has 0 fully saturated rings. The van der Waals surface area contributed by atoms with Crippen LogP contribution in [-0.2, 0) is 6.54 Å². The van der Waals surface area contributed by atoms with E-state index in [2.05, 4.69) is 21.0 Å². The van der Waals surface area contributed by atoms with Gasteiger partial charge >= 0.3 is 0 Å². The normalized spacial score (nSPS) is 10.2. The van der Waals surface area contributed by atoms with Gasteiger partial charge in [0.05, 0.1) is 17.3 Å². The zero-order valence-corrected chi connectivity index (χ0v) is 14.5. The van der Waals surface area contributed by atoms with Crippen LogP contribution in [0.25, 0.3) is 0 Å². The molecule has 2 aromatic rings. The number of nitrogens with zero attached hydrogens (tertiary/aromatic N) is 3. The number of halogens is 1. The van der Waals surface area contributed by atoms with E-state index in [0.717, 1.165) is 4.68 Å². The molecule has 0 atom stereocenters. The van der Waals surface area contributed by atoms with Gasteiger partial charge in [0.1, 0.15) is 23.9 Å².